The van der Waals surface area contributed by atoms with Crippen LogP contribution in [0.4, 0.5) is 5.69 Å². The maximum atomic E-state index is 12.4. The summed E-state index contributed by atoms with van der Waals surface area (Å²) < 4.78 is 7.08. The summed E-state index contributed by atoms with van der Waals surface area (Å²) in [6.07, 6.45) is 1.44. The lowest BCUT2D eigenvalue weighted by molar-refractivity contribution is 0.0383. The van der Waals surface area contributed by atoms with E-state index >= 15 is 0 Å². The number of nitrogens with one attached hydrogen (secondary N) is 1. The highest BCUT2D eigenvalue weighted by molar-refractivity contribution is 5.92. The minimum Gasteiger partial charge on any atom is -0.397 e. The van der Waals surface area contributed by atoms with Crippen LogP contribution in [0.3, 0.4) is 0 Å². The summed E-state index contributed by atoms with van der Waals surface area (Å²) in [5, 5.41) is 7.30. The molecule has 3 N–H and O–H groups in total. The lowest BCUT2D eigenvalue weighted by Gasteiger charge is -2.26. The van der Waals surface area contributed by atoms with Crippen LogP contribution in [0.5, 0.6) is 0 Å². The Morgan fingerprint density at radius 1 is 1.30 bits per heavy atom. The number of carbonyl (C=O) groups is 1. The van der Waals surface area contributed by atoms with E-state index in [9.17, 15) is 4.79 Å². The molecule has 0 radical (unpaired) electrons. The molecule has 1 aliphatic rings. The van der Waals surface area contributed by atoms with Crippen LogP contribution >= 0.6 is 0 Å². The molecule has 0 bridgehead atoms. The Morgan fingerprint density at radius 3 is 2.85 bits per heavy atom. The minimum absolute atomic E-state index is 0.140. The molecule has 3 rings (SSSR count). The molecule has 146 valence electrons. The highest BCUT2D eigenvalue weighted by Gasteiger charge is 2.15. The van der Waals surface area contributed by atoms with E-state index in [1.807, 2.05) is 32.2 Å². The number of nitrogen functional groups attached to an aromatic ring is 1. The molecule has 1 fully saturated rings. The lowest BCUT2D eigenvalue weighted by Crippen LogP contribution is -2.41. The number of aryl methyl sites for hydroxylation is 4. The van der Waals surface area contributed by atoms with Crippen LogP contribution in [0.2, 0.25) is 0 Å². The minimum atomic E-state index is -0.140. The quantitative estimate of drug-likeness (QED) is 0.737. The molecule has 8 nitrogen and oxygen atoms in total. The van der Waals surface area contributed by atoms with Gasteiger partial charge in [0.1, 0.15) is 5.69 Å². The third-order valence-corrected chi connectivity index (χ3v) is 4.79. The predicted octanol–water partition coefficient (Wildman–Crippen LogP) is 0.553. The molecule has 0 aromatic carbocycles. The molecule has 0 atom stereocenters. The van der Waals surface area contributed by atoms with Crippen LogP contribution in [-0.2, 0) is 24.6 Å². The average Bonchev–Trinajstić information content (AvgIpc) is 3.04. The highest BCUT2D eigenvalue weighted by Crippen LogP contribution is 2.14. The van der Waals surface area contributed by atoms with E-state index in [-0.39, 0.29) is 5.91 Å². The van der Waals surface area contributed by atoms with Gasteiger partial charge in [0.25, 0.3) is 5.91 Å². The zero-order valence-corrected chi connectivity index (χ0v) is 16.1. The number of pyridine rings is 1. The monoisotopic (exact) mass is 372 g/mol. The van der Waals surface area contributed by atoms with Crippen LogP contribution in [-0.4, -0.2) is 65.0 Å². The van der Waals surface area contributed by atoms with E-state index in [1.54, 1.807) is 4.68 Å². The number of anilines is 1. The normalized spacial score (nSPS) is 15.0. The summed E-state index contributed by atoms with van der Waals surface area (Å²) in [5.74, 6) is -0.140. The van der Waals surface area contributed by atoms with Crippen molar-refractivity contribution in [3.05, 3.63) is 41.0 Å². The molecule has 0 saturated carbocycles. The van der Waals surface area contributed by atoms with Crippen LogP contribution in [0.15, 0.2) is 18.2 Å². The fourth-order valence-corrected chi connectivity index (χ4v) is 3.16. The van der Waals surface area contributed by atoms with E-state index in [0.717, 1.165) is 56.4 Å². The van der Waals surface area contributed by atoms with Gasteiger partial charge in [0.15, 0.2) is 0 Å². The summed E-state index contributed by atoms with van der Waals surface area (Å²) >= 11 is 0. The Kier molecular flexibility index (Phi) is 6.41. The first-order valence-corrected chi connectivity index (χ1v) is 9.36. The zero-order chi connectivity index (χ0) is 19.2. The number of hydrogen-bond donors (Lipinski definition) is 2. The standard InChI is InChI=1S/C19H28N6O2/c1-14-3-5-16(20)17(22-14)6-4-15-13-18(23-24(15)2)19(26)21-7-8-25-9-11-27-12-10-25/h3,5,13H,4,6-12,20H2,1-2H3,(H,21,26). The Hall–Kier alpha value is -2.45. The second kappa shape index (κ2) is 8.96. The van der Waals surface area contributed by atoms with E-state index in [0.29, 0.717) is 24.3 Å². The molecular formula is C19H28N6O2. The fourth-order valence-electron chi connectivity index (χ4n) is 3.16. The molecule has 1 saturated heterocycles. The Balaban J connectivity index is 1.52. The van der Waals surface area contributed by atoms with Gasteiger partial charge in [-0.25, -0.2) is 0 Å². The third-order valence-electron chi connectivity index (χ3n) is 4.79. The van der Waals surface area contributed by atoms with E-state index in [1.165, 1.54) is 0 Å². The van der Waals surface area contributed by atoms with Gasteiger partial charge in [-0.15, -0.1) is 0 Å². The van der Waals surface area contributed by atoms with Gasteiger partial charge >= 0.3 is 0 Å². The first kappa shape index (κ1) is 19.3. The Bertz CT molecular complexity index is 783. The maximum Gasteiger partial charge on any atom is 0.271 e. The summed E-state index contributed by atoms with van der Waals surface area (Å²) in [6, 6.07) is 5.63. The largest absolute Gasteiger partial charge is 0.397 e. The van der Waals surface area contributed by atoms with Gasteiger partial charge in [-0.3, -0.25) is 19.4 Å². The second-order valence-electron chi connectivity index (χ2n) is 6.84. The number of ether oxygens (including phenoxy) is 1. The lowest BCUT2D eigenvalue weighted by atomic mass is 10.1. The van der Waals surface area contributed by atoms with Gasteiger partial charge in [0, 0.05) is 44.6 Å². The van der Waals surface area contributed by atoms with Crippen LogP contribution in [0, 0.1) is 6.92 Å². The van der Waals surface area contributed by atoms with Crippen molar-refractivity contribution >= 4 is 11.6 Å². The molecule has 1 amide bonds. The third kappa shape index (κ3) is 5.27. The van der Waals surface area contributed by atoms with Crippen molar-refractivity contribution in [2.45, 2.75) is 19.8 Å². The number of amides is 1. The van der Waals surface area contributed by atoms with Crippen molar-refractivity contribution in [1.29, 1.82) is 0 Å². The molecule has 0 aliphatic carbocycles. The summed E-state index contributed by atoms with van der Waals surface area (Å²) in [4.78, 5) is 19.1. The van der Waals surface area contributed by atoms with E-state index in [2.05, 4.69) is 20.3 Å². The van der Waals surface area contributed by atoms with Gasteiger partial charge in [0.2, 0.25) is 0 Å². The number of rotatable bonds is 7. The van der Waals surface area contributed by atoms with Crippen molar-refractivity contribution in [3.63, 3.8) is 0 Å². The second-order valence-corrected chi connectivity index (χ2v) is 6.84. The van der Waals surface area contributed by atoms with Crippen molar-refractivity contribution < 1.29 is 9.53 Å². The van der Waals surface area contributed by atoms with Crippen LogP contribution in [0.1, 0.15) is 27.6 Å². The molecule has 8 heteroatoms. The van der Waals surface area contributed by atoms with Gasteiger partial charge < -0.3 is 15.8 Å². The van der Waals surface area contributed by atoms with E-state index in [4.69, 9.17) is 10.5 Å². The first-order valence-electron chi connectivity index (χ1n) is 9.36. The van der Waals surface area contributed by atoms with Crippen molar-refractivity contribution in [2.75, 3.05) is 45.1 Å². The summed E-state index contributed by atoms with van der Waals surface area (Å²) in [5.41, 5.74) is 9.96. The van der Waals surface area contributed by atoms with Crippen molar-refractivity contribution in [1.82, 2.24) is 25.0 Å². The SMILES string of the molecule is Cc1ccc(N)c(CCc2cc(C(=O)NCCN3CCOCC3)nn2C)n1. The van der Waals surface area contributed by atoms with Gasteiger partial charge in [-0.05, 0) is 38.0 Å². The van der Waals surface area contributed by atoms with Crippen molar-refractivity contribution in [3.8, 4) is 0 Å². The molecule has 27 heavy (non-hydrogen) atoms. The van der Waals surface area contributed by atoms with E-state index < -0.39 is 0 Å². The molecule has 3 heterocycles. The number of nitrogens with two attached hydrogens (primary N) is 1. The van der Waals surface area contributed by atoms with Gasteiger partial charge in [0.05, 0.1) is 24.6 Å². The maximum absolute atomic E-state index is 12.4. The summed E-state index contributed by atoms with van der Waals surface area (Å²) in [7, 11) is 1.85. The number of aromatic nitrogens is 3. The van der Waals surface area contributed by atoms with Gasteiger partial charge in [-0.1, -0.05) is 0 Å². The van der Waals surface area contributed by atoms with Crippen molar-refractivity contribution in [2.24, 2.45) is 7.05 Å². The number of nitrogens with zero attached hydrogens (tertiary/aromatic N) is 4. The number of hydrogen-bond acceptors (Lipinski definition) is 6. The average molecular weight is 372 g/mol. The smallest absolute Gasteiger partial charge is 0.271 e. The zero-order valence-electron chi connectivity index (χ0n) is 16.1. The molecule has 0 spiro atoms. The first-order chi connectivity index (χ1) is 13.0. The fraction of sp³-hybridized carbons (Fsp3) is 0.526. The Morgan fingerprint density at radius 2 is 2.07 bits per heavy atom. The van der Waals surface area contributed by atoms with Gasteiger partial charge in [-0.2, -0.15) is 5.10 Å². The topological polar surface area (TPSA) is 98.3 Å². The summed E-state index contributed by atoms with van der Waals surface area (Å²) in [6.45, 7) is 6.74. The molecule has 2 aromatic heterocycles. The van der Waals surface area contributed by atoms with Crippen LogP contribution in [0.25, 0.3) is 0 Å². The van der Waals surface area contributed by atoms with Crippen LogP contribution < -0.4 is 11.1 Å². The molecular weight excluding hydrogens is 344 g/mol. The molecule has 1 aliphatic heterocycles. The highest BCUT2D eigenvalue weighted by atomic mass is 16.5. The molecule has 2 aromatic rings. The molecule has 0 unspecified atom stereocenters. The number of morpholine rings is 1. The number of carbonyl (C=O) groups excluding carboxylic acids is 1. The predicted molar refractivity (Wildman–Crippen MR) is 104 cm³/mol. The Labute approximate surface area is 159 Å².